The molecule has 0 aliphatic rings. The van der Waals surface area contributed by atoms with E-state index in [1.54, 1.807) is 27.7 Å². The first kappa shape index (κ1) is 17.2. The van der Waals surface area contributed by atoms with Gasteiger partial charge in [0, 0.05) is 13.1 Å². The van der Waals surface area contributed by atoms with Crippen molar-refractivity contribution >= 4 is 12.0 Å². The van der Waals surface area contributed by atoms with Gasteiger partial charge in [-0.05, 0) is 26.7 Å². The third-order valence-corrected chi connectivity index (χ3v) is 3.35. The predicted molar refractivity (Wildman–Crippen MR) is 71.5 cm³/mol. The zero-order chi connectivity index (χ0) is 15.1. The number of carboxylic acids is 1. The molecule has 0 saturated carbocycles. The van der Waals surface area contributed by atoms with E-state index in [-0.39, 0.29) is 5.92 Å². The van der Waals surface area contributed by atoms with Gasteiger partial charge in [0.1, 0.15) is 5.54 Å². The van der Waals surface area contributed by atoms with Crippen molar-refractivity contribution in [3.63, 3.8) is 0 Å². The number of carboxylic acid groups (broad SMARTS) is 1. The second kappa shape index (κ2) is 7.62. The number of nitrogens with one attached hydrogen (secondary N) is 1. The van der Waals surface area contributed by atoms with Gasteiger partial charge < -0.3 is 15.3 Å². The molecule has 1 atom stereocenters. The largest absolute Gasteiger partial charge is 0.480 e. The molecule has 108 valence electrons. The highest BCUT2D eigenvalue weighted by Crippen LogP contribution is 2.16. The lowest BCUT2D eigenvalue weighted by molar-refractivity contribution is -0.144. The Morgan fingerprint density at radius 2 is 1.89 bits per heavy atom. The fraction of sp³-hybridized carbons (Fsp3) is 0.769. The molecule has 0 aliphatic carbocycles. The topological polar surface area (TPSA) is 93.4 Å². The number of nitriles is 1. The molecule has 0 bridgehead atoms. The number of urea groups is 1. The number of hydrogen-bond donors (Lipinski definition) is 2. The lowest BCUT2D eigenvalue weighted by Gasteiger charge is -2.32. The lowest BCUT2D eigenvalue weighted by atomic mass is 9.93. The van der Waals surface area contributed by atoms with Crippen LogP contribution in [0, 0.1) is 17.2 Å². The van der Waals surface area contributed by atoms with Crippen LogP contribution in [0.1, 0.15) is 40.5 Å². The van der Waals surface area contributed by atoms with Crippen LogP contribution in [-0.2, 0) is 4.79 Å². The van der Waals surface area contributed by atoms with Crippen LogP contribution in [0.4, 0.5) is 4.79 Å². The first-order valence-electron chi connectivity index (χ1n) is 6.56. The Hall–Kier alpha value is -1.77. The SMILES string of the molecule is CCN(CC(C)C#N)C(=O)NC(CC)(CC)C(=O)O. The van der Waals surface area contributed by atoms with Crippen molar-refractivity contribution in [1.82, 2.24) is 10.2 Å². The van der Waals surface area contributed by atoms with Crippen molar-refractivity contribution < 1.29 is 14.7 Å². The zero-order valence-corrected chi connectivity index (χ0v) is 12.1. The number of amides is 2. The first-order valence-corrected chi connectivity index (χ1v) is 6.56. The van der Waals surface area contributed by atoms with Gasteiger partial charge in [-0.1, -0.05) is 13.8 Å². The molecular weight excluding hydrogens is 246 g/mol. The van der Waals surface area contributed by atoms with E-state index in [2.05, 4.69) is 11.4 Å². The summed E-state index contributed by atoms with van der Waals surface area (Å²) in [7, 11) is 0. The summed E-state index contributed by atoms with van der Waals surface area (Å²) in [5, 5.41) is 20.6. The second-order valence-electron chi connectivity index (χ2n) is 4.59. The molecule has 0 radical (unpaired) electrons. The molecule has 6 nitrogen and oxygen atoms in total. The monoisotopic (exact) mass is 269 g/mol. The van der Waals surface area contributed by atoms with Gasteiger partial charge in [-0.15, -0.1) is 0 Å². The summed E-state index contributed by atoms with van der Waals surface area (Å²) < 4.78 is 0. The normalized spacial score (nSPS) is 12.4. The molecule has 19 heavy (non-hydrogen) atoms. The number of aliphatic carboxylic acids is 1. The molecule has 0 spiro atoms. The van der Waals surface area contributed by atoms with Gasteiger partial charge in [0.15, 0.2) is 0 Å². The van der Waals surface area contributed by atoms with Crippen molar-refractivity contribution in [3.05, 3.63) is 0 Å². The van der Waals surface area contributed by atoms with Gasteiger partial charge in [0.25, 0.3) is 0 Å². The van der Waals surface area contributed by atoms with E-state index in [1.807, 2.05) is 0 Å². The van der Waals surface area contributed by atoms with Gasteiger partial charge in [0.05, 0.1) is 12.0 Å². The van der Waals surface area contributed by atoms with Crippen LogP contribution in [0.5, 0.6) is 0 Å². The van der Waals surface area contributed by atoms with Crippen molar-refractivity contribution in [2.75, 3.05) is 13.1 Å². The summed E-state index contributed by atoms with van der Waals surface area (Å²) in [6.07, 6.45) is 0.631. The Balaban J connectivity index is 4.89. The fourth-order valence-electron chi connectivity index (χ4n) is 1.79. The van der Waals surface area contributed by atoms with Crippen LogP contribution in [0.3, 0.4) is 0 Å². The molecule has 6 heteroatoms. The van der Waals surface area contributed by atoms with Gasteiger partial charge >= 0.3 is 12.0 Å². The van der Waals surface area contributed by atoms with Crippen LogP contribution in [-0.4, -0.2) is 40.6 Å². The maximum atomic E-state index is 12.1. The van der Waals surface area contributed by atoms with Crippen LogP contribution in [0.15, 0.2) is 0 Å². The van der Waals surface area contributed by atoms with Crippen LogP contribution >= 0.6 is 0 Å². The molecule has 0 saturated heterocycles. The average molecular weight is 269 g/mol. The minimum absolute atomic E-state index is 0.284. The zero-order valence-electron chi connectivity index (χ0n) is 12.1. The Kier molecular flexibility index (Phi) is 6.91. The quantitative estimate of drug-likeness (QED) is 0.737. The smallest absolute Gasteiger partial charge is 0.329 e. The molecule has 2 amide bonds. The molecule has 0 aliphatic heterocycles. The van der Waals surface area contributed by atoms with E-state index < -0.39 is 17.5 Å². The molecule has 0 fully saturated rings. The minimum Gasteiger partial charge on any atom is -0.480 e. The van der Waals surface area contributed by atoms with E-state index in [1.165, 1.54) is 4.90 Å². The van der Waals surface area contributed by atoms with Gasteiger partial charge in [-0.2, -0.15) is 5.26 Å². The second-order valence-corrected chi connectivity index (χ2v) is 4.59. The highest BCUT2D eigenvalue weighted by atomic mass is 16.4. The molecule has 0 aromatic heterocycles. The third kappa shape index (κ3) is 4.43. The average Bonchev–Trinajstić information content (AvgIpc) is 2.41. The highest BCUT2D eigenvalue weighted by Gasteiger charge is 2.37. The highest BCUT2D eigenvalue weighted by molar-refractivity contribution is 5.86. The summed E-state index contributed by atoms with van der Waals surface area (Å²) in [5.74, 6) is -1.32. The molecule has 0 rings (SSSR count). The number of rotatable bonds is 7. The van der Waals surface area contributed by atoms with Crippen molar-refractivity contribution in [1.29, 1.82) is 5.26 Å². The summed E-state index contributed by atoms with van der Waals surface area (Å²) in [4.78, 5) is 24.9. The van der Waals surface area contributed by atoms with E-state index in [9.17, 15) is 14.7 Å². The van der Waals surface area contributed by atoms with E-state index in [4.69, 9.17) is 5.26 Å². The van der Waals surface area contributed by atoms with Crippen LogP contribution in [0.25, 0.3) is 0 Å². The maximum Gasteiger partial charge on any atom is 0.329 e. The number of hydrogen-bond acceptors (Lipinski definition) is 3. The molecular formula is C13H23N3O3. The van der Waals surface area contributed by atoms with E-state index >= 15 is 0 Å². The fourth-order valence-corrected chi connectivity index (χ4v) is 1.79. The minimum atomic E-state index is -1.24. The van der Waals surface area contributed by atoms with Crippen molar-refractivity contribution in [3.8, 4) is 6.07 Å². The lowest BCUT2D eigenvalue weighted by Crippen LogP contribution is -2.57. The van der Waals surface area contributed by atoms with E-state index in [0.717, 1.165) is 0 Å². The summed E-state index contributed by atoms with van der Waals surface area (Å²) in [6, 6.07) is 1.63. The summed E-state index contributed by atoms with van der Waals surface area (Å²) in [5.41, 5.74) is -1.24. The van der Waals surface area contributed by atoms with Gasteiger partial charge in [-0.25, -0.2) is 9.59 Å². The number of nitrogens with zero attached hydrogens (tertiary/aromatic N) is 2. The molecule has 2 N–H and O–H groups in total. The Bertz CT molecular complexity index is 359. The van der Waals surface area contributed by atoms with E-state index in [0.29, 0.717) is 25.9 Å². The van der Waals surface area contributed by atoms with Crippen molar-refractivity contribution in [2.24, 2.45) is 5.92 Å². The first-order chi connectivity index (χ1) is 8.86. The molecule has 0 heterocycles. The van der Waals surface area contributed by atoms with Gasteiger partial charge in [0.2, 0.25) is 0 Å². The van der Waals surface area contributed by atoms with Gasteiger partial charge in [-0.3, -0.25) is 0 Å². The Morgan fingerprint density at radius 3 is 2.21 bits per heavy atom. The third-order valence-electron chi connectivity index (χ3n) is 3.35. The molecule has 0 aromatic rings. The summed E-state index contributed by atoms with van der Waals surface area (Å²) in [6.45, 7) is 7.70. The summed E-state index contributed by atoms with van der Waals surface area (Å²) >= 11 is 0. The van der Waals surface area contributed by atoms with Crippen LogP contribution < -0.4 is 5.32 Å². The Morgan fingerprint density at radius 1 is 1.37 bits per heavy atom. The maximum absolute atomic E-state index is 12.1. The molecule has 1 unspecified atom stereocenters. The van der Waals surface area contributed by atoms with Crippen molar-refractivity contribution in [2.45, 2.75) is 46.1 Å². The molecule has 0 aromatic carbocycles. The van der Waals surface area contributed by atoms with Crippen LogP contribution in [0.2, 0.25) is 0 Å². The predicted octanol–water partition coefficient (Wildman–Crippen LogP) is 1.82. The number of carbonyl (C=O) groups excluding carboxylic acids is 1. The standard InChI is InChI=1S/C13H23N3O3/c1-5-13(6-2,11(17)18)15-12(19)16(7-3)9-10(4)8-14/h10H,5-7,9H2,1-4H3,(H,15,19)(H,17,18). The number of carbonyl (C=O) groups is 2. The Labute approximate surface area is 114 Å².